The quantitative estimate of drug-likeness (QED) is 0.596. The highest BCUT2D eigenvalue weighted by Crippen LogP contribution is 2.55. The maximum absolute atomic E-state index is 11.9. The predicted octanol–water partition coefficient (Wildman–Crippen LogP) is 0.436. The zero-order valence-corrected chi connectivity index (χ0v) is 10.9. The first-order chi connectivity index (χ1) is 8.44. The lowest BCUT2D eigenvalue weighted by molar-refractivity contribution is -0.163. The van der Waals surface area contributed by atoms with Crippen molar-refractivity contribution in [1.82, 2.24) is 0 Å². The minimum atomic E-state index is -1.20. The molecule has 2 saturated carbocycles. The number of hydrogen-bond donors (Lipinski definition) is 1. The Bertz CT molecular complexity index is 411. The molecule has 3 aliphatic rings. The van der Waals surface area contributed by atoms with E-state index in [0.717, 1.165) is 12.8 Å². The van der Waals surface area contributed by atoms with Gasteiger partial charge in [0.25, 0.3) is 0 Å². The zero-order chi connectivity index (χ0) is 13.1. The highest BCUT2D eigenvalue weighted by atomic mass is 35.5. The van der Waals surface area contributed by atoms with E-state index in [-0.39, 0.29) is 42.5 Å². The van der Waals surface area contributed by atoms with E-state index in [0.29, 0.717) is 0 Å². The number of rotatable bonds is 3. The van der Waals surface area contributed by atoms with Crippen molar-refractivity contribution in [2.45, 2.75) is 36.8 Å². The molecule has 3 fully saturated rings. The van der Waals surface area contributed by atoms with Crippen molar-refractivity contribution in [2.75, 3.05) is 6.54 Å². The van der Waals surface area contributed by atoms with E-state index in [1.807, 2.05) is 0 Å². The summed E-state index contributed by atoms with van der Waals surface area (Å²) in [5.74, 6) is -0.195. The number of carbonyl (C=O) groups is 2. The zero-order valence-electron chi connectivity index (χ0n) is 10.1. The van der Waals surface area contributed by atoms with E-state index >= 15 is 0 Å². The van der Waals surface area contributed by atoms with Gasteiger partial charge in [-0.05, 0) is 19.8 Å². The average molecular weight is 274 g/mol. The van der Waals surface area contributed by atoms with Crippen molar-refractivity contribution >= 4 is 23.5 Å². The lowest BCUT2D eigenvalue weighted by Crippen LogP contribution is -2.44. The lowest BCUT2D eigenvalue weighted by atomic mass is 9.88. The molecule has 0 aromatic rings. The van der Waals surface area contributed by atoms with Gasteiger partial charge in [-0.15, -0.1) is 11.6 Å². The first-order valence-electron chi connectivity index (χ1n) is 6.24. The molecule has 0 spiro atoms. The van der Waals surface area contributed by atoms with Crippen molar-refractivity contribution in [3.63, 3.8) is 0 Å². The second-order valence-electron chi connectivity index (χ2n) is 5.67. The number of carbonyl (C=O) groups excluding carboxylic acids is 2. The highest BCUT2D eigenvalue weighted by molar-refractivity contribution is 6.34. The Morgan fingerprint density at radius 2 is 2.33 bits per heavy atom. The van der Waals surface area contributed by atoms with Crippen LogP contribution in [0.3, 0.4) is 0 Å². The van der Waals surface area contributed by atoms with Crippen LogP contribution < -0.4 is 5.73 Å². The maximum atomic E-state index is 11.9. The van der Waals surface area contributed by atoms with Crippen LogP contribution in [0.4, 0.5) is 0 Å². The Morgan fingerprint density at radius 3 is 3.00 bits per heavy atom. The molecule has 6 atom stereocenters. The van der Waals surface area contributed by atoms with Gasteiger partial charge in [0, 0.05) is 18.4 Å². The van der Waals surface area contributed by atoms with Crippen LogP contribution in [-0.2, 0) is 19.1 Å². The van der Waals surface area contributed by atoms with Gasteiger partial charge >= 0.3 is 11.9 Å². The number of esters is 2. The molecule has 5 nitrogen and oxygen atoms in total. The molecule has 3 rings (SSSR count). The van der Waals surface area contributed by atoms with Gasteiger partial charge in [-0.2, -0.15) is 0 Å². The van der Waals surface area contributed by atoms with E-state index in [2.05, 4.69) is 0 Å². The summed E-state index contributed by atoms with van der Waals surface area (Å²) in [6.07, 6.45) is 1.06. The fraction of sp³-hybridized carbons (Fsp3) is 0.833. The SMILES string of the molecule is CC(Cl)(CN)C(=O)OC1C2CC3C(=O)OC1C3C2. The molecule has 18 heavy (non-hydrogen) atoms. The highest BCUT2D eigenvalue weighted by Gasteiger charge is 2.63. The number of alkyl halides is 1. The van der Waals surface area contributed by atoms with Crippen LogP contribution >= 0.6 is 11.6 Å². The smallest absolute Gasteiger partial charge is 0.328 e. The molecule has 2 aliphatic carbocycles. The van der Waals surface area contributed by atoms with E-state index in [1.54, 1.807) is 0 Å². The standard InChI is InChI=1S/C12H16ClNO4/c1-12(13,4-14)11(16)18-8-5-2-6-7(3-5)10(15)17-9(6)8/h5-9H,2-4,14H2,1H3. The van der Waals surface area contributed by atoms with E-state index in [4.69, 9.17) is 26.8 Å². The molecule has 2 N–H and O–H groups in total. The van der Waals surface area contributed by atoms with Crippen LogP contribution in [0.2, 0.25) is 0 Å². The minimum Gasteiger partial charge on any atom is -0.458 e. The van der Waals surface area contributed by atoms with E-state index < -0.39 is 10.8 Å². The van der Waals surface area contributed by atoms with Gasteiger partial charge in [-0.25, -0.2) is 0 Å². The molecule has 0 amide bonds. The first kappa shape index (κ1) is 12.2. The topological polar surface area (TPSA) is 78.6 Å². The second-order valence-corrected chi connectivity index (χ2v) is 6.51. The van der Waals surface area contributed by atoms with Crippen LogP contribution in [0, 0.1) is 17.8 Å². The van der Waals surface area contributed by atoms with Gasteiger partial charge < -0.3 is 15.2 Å². The average Bonchev–Trinajstić information content (AvgIpc) is 2.93. The number of ether oxygens (including phenoxy) is 2. The maximum Gasteiger partial charge on any atom is 0.328 e. The molecular formula is C12H16ClNO4. The molecule has 1 saturated heterocycles. The van der Waals surface area contributed by atoms with Crippen molar-refractivity contribution in [3.8, 4) is 0 Å². The Labute approximate surface area is 110 Å². The Morgan fingerprint density at radius 1 is 1.61 bits per heavy atom. The number of halogens is 1. The molecule has 1 aliphatic heterocycles. The fourth-order valence-electron chi connectivity index (χ4n) is 3.39. The molecule has 6 heteroatoms. The van der Waals surface area contributed by atoms with Gasteiger partial charge in [-0.1, -0.05) is 0 Å². The lowest BCUT2D eigenvalue weighted by Gasteiger charge is -2.28. The molecular weight excluding hydrogens is 258 g/mol. The third-order valence-corrected chi connectivity index (χ3v) is 4.77. The minimum absolute atomic E-state index is 0.0152. The summed E-state index contributed by atoms with van der Waals surface area (Å²) in [4.78, 5) is 22.3. The summed E-state index contributed by atoms with van der Waals surface area (Å²) in [6.45, 7) is 1.55. The molecule has 1 heterocycles. The fourth-order valence-corrected chi connectivity index (χ4v) is 3.44. The normalized spacial score (nSPS) is 43.7. The molecule has 6 unspecified atom stereocenters. The Hall–Kier alpha value is -0.810. The number of nitrogens with two attached hydrogens (primary N) is 1. The summed E-state index contributed by atoms with van der Waals surface area (Å²) in [5.41, 5.74) is 5.44. The summed E-state index contributed by atoms with van der Waals surface area (Å²) < 4.78 is 10.8. The van der Waals surface area contributed by atoms with Crippen molar-refractivity contribution in [1.29, 1.82) is 0 Å². The van der Waals surface area contributed by atoms with Crippen molar-refractivity contribution in [3.05, 3.63) is 0 Å². The van der Waals surface area contributed by atoms with Gasteiger partial charge in [0.15, 0.2) is 4.87 Å². The third-order valence-electron chi connectivity index (χ3n) is 4.47. The van der Waals surface area contributed by atoms with Crippen molar-refractivity contribution in [2.24, 2.45) is 23.5 Å². The molecule has 0 aromatic heterocycles. The summed E-state index contributed by atoms with van der Waals surface area (Å²) in [7, 11) is 0. The Balaban J connectivity index is 1.73. The van der Waals surface area contributed by atoms with Crippen LogP contribution in [0.1, 0.15) is 19.8 Å². The third kappa shape index (κ3) is 1.57. The number of fused-ring (bicyclic) bond motifs is 1. The van der Waals surface area contributed by atoms with Crippen LogP contribution in [-0.4, -0.2) is 35.6 Å². The molecule has 2 bridgehead atoms. The second kappa shape index (κ2) is 3.84. The van der Waals surface area contributed by atoms with E-state index in [1.165, 1.54) is 6.92 Å². The molecule has 0 radical (unpaired) electrons. The van der Waals surface area contributed by atoms with Crippen LogP contribution in [0.5, 0.6) is 0 Å². The van der Waals surface area contributed by atoms with Crippen LogP contribution in [0.25, 0.3) is 0 Å². The summed E-state index contributed by atoms with van der Waals surface area (Å²) >= 11 is 5.97. The first-order valence-corrected chi connectivity index (χ1v) is 6.62. The summed E-state index contributed by atoms with van der Waals surface area (Å²) in [5, 5.41) is 0. The largest absolute Gasteiger partial charge is 0.458 e. The molecule has 0 aromatic carbocycles. The van der Waals surface area contributed by atoms with Gasteiger partial charge in [-0.3, -0.25) is 9.59 Å². The van der Waals surface area contributed by atoms with Gasteiger partial charge in [0.05, 0.1) is 5.92 Å². The van der Waals surface area contributed by atoms with E-state index in [9.17, 15) is 9.59 Å². The predicted molar refractivity (Wildman–Crippen MR) is 62.8 cm³/mol. The monoisotopic (exact) mass is 273 g/mol. The van der Waals surface area contributed by atoms with Gasteiger partial charge in [0.1, 0.15) is 12.2 Å². The summed E-state index contributed by atoms with van der Waals surface area (Å²) in [6, 6.07) is 0. The Kier molecular flexibility index (Phi) is 2.61. The number of hydrogen-bond acceptors (Lipinski definition) is 5. The molecule has 100 valence electrons. The van der Waals surface area contributed by atoms with Crippen molar-refractivity contribution < 1.29 is 19.1 Å². The van der Waals surface area contributed by atoms with Crippen LogP contribution in [0.15, 0.2) is 0 Å². The van der Waals surface area contributed by atoms with Gasteiger partial charge in [0.2, 0.25) is 0 Å².